The van der Waals surface area contributed by atoms with Crippen LogP contribution in [0.3, 0.4) is 0 Å². The fourth-order valence-electron chi connectivity index (χ4n) is 1.43. The van der Waals surface area contributed by atoms with E-state index < -0.39 is 5.97 Å². The molecule has 0 bridgehead atoms. The van der Waals surface area contributed by atoms with Crippen molar-refractivity contribution in [3.8, 4) is 0 Å². The molecule has 5 nitrogen and oxygen atoms in total. The molecule has 0 spiro atoms. The van der Waals surface area contributed by atoms with E-state index in [1.165, 1.54) is 0 Å². The summed E-state index contributed by atoms with van der Waals surface area (Å²) < 4.78 is 1.69. The van der Waals surface area contributed by atoms with Gasteiger partial charge in [0.1, 0.15) is 0 Å². The summed E-state index contributed by atoms with van der Waals surface area (Å²) in [7, 11) is 1.81. The van der Waals surface area contributed by atoms with Crippen molar-refractivity contribution in [2.75, 3.05) is 6.54 Å². The van der Waals surface area contributed by atoms with Crippen molar-refractivity contribution in [1.82, 2.24) is 15.1 Å². The average Bonchev–Trinajstić information content (AvgIpc) is 2.50. The molecule has 0 aliphatic rings. The Hall–Kier alpha value is -1.36. The van der Waals surface area contributed by atoms with Crippen LogP contribution in [-0.2, 0) is 11.8 Å². The van der Waals surface area contributed by atoms with Gasteiger partial charge in [0.05, 0.1) is 18.2 Å². The fourth-order valence-corrected chi connectivity index (χ4v) is 1.43. The molecule has 0 fully saturated rings. The van der Waals surface area contributed by atoms with Crippen molar-refractivity contribution in [2.24, 2.45) is 7.05 Å². The van der Waals surface area contributed by atoms with Crippen LogP contribution in [0.25, 0.3) is 0 Å². The Morgan fingerprint density at radius 2 is 2.50 bits per heavy atom. The SMILES string of the molecule is CCNC(CC(=O)O)c1ccnn1C. The molecule has 0 aliphatic carbocycles. The van der Waals surface area contributed by atoms with Crippen LogP contribution in [-0.4, -0.2) is 27.4 Å². The minimum Gasteiger partial charge on any atom is -0.481 e. The summed E-state index contributed by atoms with van der Waals surface area (Å²) in [6.45, 7) is 2.69. The molecule has 78 valence electrons. The van der Waals surface area contributed by atoms with Gasteiger partial charge in [0.15, 0.2) is 0 Å². The summed E-state index contributed by atoms with van der Waals surface area (Å²) in [6.07, 6.45) is 1.74. The number of hydrogen-bond donors (Lipinski definition) is 2. The van der Waals surface area contributed by atoms with Crippen molar-refractivity contribution in [3.63, 3.8) is 0 Å². The molecule has 0 saturated heterocycles. The first kappa shape index (κ1) is 10.7. The molecule has 1 atom stereocenters. The maximum absolute atomic E-state index is 10.6. The van der Waals surface area contributed by atoms with Crippen LogP contribution in [0.4, 0.5) is 0 Å². The van der Waals surface area contributed by atoms with Crippen molar-refractivity contribution in [2.45, 2.75) is 19.4 Å². The Balaban J connectivity index is 2.77. The average molecular weight is 197 g/mol. The van der Waals surface area contributed by atoms with E-state index in [1.807, 2.05) is 20.0 Å². The second-order valence-corrected chi connectivity index (χ2v) is 3.09. The highest BCUT2D eigenvalue weighted by Crippen LogP contribution is 2.15. The van der Waals surface area contributed by atoms with Crippen LogP contribution >= 0.6 is 0 Å². The summed E-state index contributed by atoms with van der Waals surface area (Å²) in [5.74, 6) is -0.808. The second kappa shape index (κ2) is 4.76. The number of hydrogen-bond acceptors (Lipinski definition) is 3. The Morgan fingerprint density at radius 1 is 1.79 bits per heavy atom. The number of nitrogens with one attached hydrogen (secondary N) is 1. The molecule has 5 heteroatoms. The number of aliphatic carboxylic acids is 1. The van der Waals surface area contributed by atoms with Gasteiger partial charge in [-0.3, -0.25) is 9.48 Å². The third-order valence-corrected chi connectivity index (χ3v) is 2.05. The molecule has 1 unspecified atom stereocenters. The predicted octanol–water partition coefficient (Wildman–Crippen LogP) is 0.545. The van der Waals surface area contributed by atoms with Crippen LogP contribution < -0.4 is 5.32 Å². The smallest absolute Gasteiger partial charge is 0.305 e. The maximum atomic E-state index is 10.6. The Labute approximate surface area is 82.7 Å². The highest BCUT2D eigenvalue weighted by atomic mass is 16.4. The van der Waals surface area contributed by atoms with Crippen LogP contribution in [0.15, 0.2) is 12.3 Å². The zero-order valence-electron chi connectivity index (χ0n) is 8.40. The lowest BCUT2D eigenvalue weighted by Crippen LogP contribution is -2.25. The van der Waals surface area contributed by atoms with E-state index in [1.54, 1.807) is 10.9 Å². The van der Waals surface area contributed by atoms with Gasteiger partial charge in [0.2, 0.25) is 0 Å². The Bertz CT molecular complexity index is 309. The van der Waals surface area contributed by atoms with Crippen LogP contribution in [0.5, 0.6) is 0 Å². The summed E-state index contributed by atoms with van der Waals surface area (Å²) in [6, 6.07) is 1.67. The van der Waals surface area contributed by atoms with Crippen molar-refractivity contribution in [1.29, 1.82) is 0 Å². The fraction of sp³-hybridized carbons (Fsp3) is 0.556. The first-order chi connectivity index (χ1) is 6.65. The van der Waals surface area contributed by atoms with E-state index in [0.717, 1.165) is 12.2 Å². The van der Waals surface area contributed by atoms with E-state index in [0.29, 0.717) is 0 Å². The molecule has 0 saturated carbocycles. The van der Waals surface area contributed by atoms with E-state index in [4.69, 9.17) is 5.11 Å². The zero-order valence-corrected chi connectivity index (χ0v) is 8.40. The molecule has 2 N–H and O–H groups in total. The first-order valence-corrected chi connectivity index (χ1v) is 4.58. The van der Waals surface area contributed by atoms with Gasteiger partial charge in [-0.2, -0.15) is 5.10 Å². The Morgan fingerprint density at radius 3 is 2.93 bits per heavy atom. The van der Waals surface area contributed by atoms with Crippen molar-refractivity contribution >= 4 is 5.97 Å². The summed E-state index contributed by atoms with van der Waals surface area (Å²) in [5, 5.41) is 15.9. The lowest BCUT2D eigenvalue weighted by Gasteiger charge is -2.15. The van der Waals surface area contributed by atoms with Gasteiger partial charge in [-0.15, -0.1) is 0 Å². The highest BCUT2D eigenvalue weighted by molar-refractivity contribution is 5.67. The maximum Gasteiger partial charge on any atom is 0.305 e. The van der Waals surface area contributed by atoms with Gasteiger partial charge in [0.25, 0.3) is 0 Å². The molecule has 0 amide bonds. The lowest BCUT2D eigenvalue weighted by atomic mass is 10.1. The molecule has 14 heavy (non-hydrogen) atoms. The molecular weight excluding hydrogens is 182 g/mol. The van der Waals surface area contributed by atoms with Crippen LogP contribution in [0.2, 0.25) is 0 Å². The van der Waals surface area contributed by atoms with Crippen LogP contribution in [0, 0.1) is 0 Å². The minimum atomic E-state index is -0.808. The molecular formula is C9H15N3O2. The number of carbonyl (C=O) groups is 1. The number of carboxylic acids is 1. The number of carboxylic acid groups (broad SMARTS) is 1. The van der Waals surface area contributed by atoms with Crippen LogP contribution in [0.1, 0.15) is 25.1 Å². The number of aryl methyl sites for hydroxylation is 1. The van der Waals surface area contributed by atoms with Gasteiger partial charge in [-0.1, -0.05) is 6.92 Å². The van der Waals surface area contributed by atoms with E-state index in [2.05, 4.69) is 10.4 Å². The molecule has 0 radical (unpaired) electrons. The van der Waals surface area contributed by atoms with Gasteiger partial charge >= 0.3 is 5.97 Å². The van der Waals surface area contributed by atoms with Crippen molar-refractivity contribution in [3.05, 3.63) is 18.0 Å². The summed E-state index contributed by atoms with van der Waals surface area (Å²) in [4.78, 5) is 10.6. The zero-order chi connectivity index (χ0) is 10.6. The van der Waals surface area contributed by atoms with E-state index in [-0.39, 0.29) is 12.5 Å². The first-order valence-electron chi connectivity index (χ1n) is 4.58. The van der Waals surface area contributed by atoms with Gasteiger partial charge in [0, 0.05) is 13.2 Å². The van der Waals surface area contributed by atoms with Crippen molar-refractivity contribution < 1.29 is 9.90 Å². The lowest BCUT2D eigenvalue weighted by molar-refractivity contribution is -0.137. The second-order valence-electron chi connectivity index (χ2n) is 3.09. The minimum absolute atomic E-state index is 0.0768. The molecule has 0 aromatic carbocycles. The quantitative estimate of drug-likeness (QED) is 0.723. The molecule has 1 aromatic rings. The number of nitrogens with zero attached hydrogens (tertiary/aromatic N) is 2. The van der Waals surface area contributed by atoms with Gasteiger partial charge in [-0.05, 0) is 12.6 Å². The number of rotatable bonds is 5. The van der Waals surface area contributed by atoms with Gasteiger partial charge in [-0.25, -0.2) is 0 Å². The third kappa shape index (κ3) is 2.56. The monoisotopic (exact) mass is 197 g/mol. The summed E-state index contributed by atoms with van der Waals surface area (Å²) in [5.41, 5.74) is 0.897. The molecule has 1 heterocycles. The third-order valence-electron chi connectivity index (χ3n) is 2.05. The molecule has 1 aromatic heterocycles. The largest absolute Gasteiger partial charge is 0.481 e. The predicted molar refractivity (Wildman–Crippen MR) is 51.9 cm³/mol. The molecule has 1 rings (SSSR count). The van der Waals surface area contributed by atoms with E-state index >= 15 is 0 Å². The molecule has 0 aliphatic heterocycles. The standard InChI is InChI=1S/C9H15N3O2/c1-3-10-7(6-9(13)14)8-4-5-11-12(8)2/h4-5,7,10H,3,6H2,1-2H3,(H,13,14). The highest BCUT2D eigenvalue weighted by Gasteiger charge is 2.16. The van der Waals surface area contributed by atoms with Gasteiger partial charge < -0.3 is 10.4 Å². The normalized spacial score (nSPS) is 12.7. The summed E-state index contributed by atoms with van der Waals surface area (Å²) >= 11 is 0. The Kier molecular flexibility index (Phi) is 3.64. The van der Waals surface area contributed by atoms with E-state index in [9.17, 15) is 4.79 Å². The number of aromatic nitrogens is 2. The topological polar surface area (TPSA) is 67.2 Å².